The van der Waals surface area contributed by atoms with Crippen molar-refractivity contribution in [3.05, 3.63) is 90.0 Å². The molecule has 1 atom stereocenters. The zero-order valence-corrected chi connectivity index (χ0v) is 23.1. The number of hydrogen-bond donors (Lipinski definition) is 0. The maximum atomic E-state index is 6.46. The molecular weight excluding hydrogens is 454 g/mol. The smallest absolute Gasteiger partial charge is 0.127 e. The van der Waals surface area contributed by atoms with E-state index in [2.05, 4.69) is 49.8 Å². The molecule has 0 aliphatic carbocycles. The van der Waals surface area contributed by atoms with Crippen LogP contribution >= 0.6 is 0 Å². The number of rotatable bonds is 15. The van der Waals surface area contributed by atoms with Crippen molar-refractivity contribution in [2.75, 3.05) is 13.7 Å². The molecule has 0 amide bonds. The number of methoxy groups -OCH3 is 1. The Hall–Kier alpha value is -3.29. The van der Waals surface area contributed by atoms with Crippen molar-refractivity contribution >= 4 is 17.1 Å². The number of para-hydroxylation sites is 1. The van der Waals surface area contributed by atoms with Crippen molar-refractivity contribution in [1.29, 1.82) is 0 Å². The molecule has 0 heterocycles. The molecule has 0 fully saturated rings. The topological polar surface area (TPSA) is 30.8 Å². The molecule has 3 heteroatoms. The van der Waals surface area contributed by atoms with Crippen LogP contribution in [0.5, 0.6) is 11.5 Å². The molecule has 3 aromatic rings. The molecule has 0 aliphatic rings. The van der Waals surface area contributed by atoms with Crippen molar-refractivity contribution < 1.29 is 9.47 Å². The summed E-state index contributed by atoms with van der Waals surface area (Å²) in [4.78, 5) is 4.65. The fourth-order valence-electron chi connectivity index (χ4n) is 4.77. The van der Waals surface area contributed by atoms with E-state index in [1.807, 2.05) is 60.7 Å². The fraction of sp³-hybridized carbons (Fsp3) is 0.412. The average molecular weight is 498 g/mol. The fourth-order valence-corrected chi connectivity index (χ4v) is 4.77. The molecule has 0 radical (unpaired) electrons. The predicted octanol–water partition coefficient (Wildman–Crippen LogP) is 9.67. The van der Waals surface area contributed by atoms with E-state index >= 15 is 0 Å². The van der Waals surface area contributed by atoms with Gasteiger partial charge in [0.05, 0.1) is 25.0 Å². The minimum Gasteiger partial charge on any atom is -0.496 e. The van der Waals surface area contributed by atoms with E-state index in [0.717, 1.165) is 33.9 Å². The second-order valence-corrected chi connectivity index (χ2v) is 10.2. The highest BCUT2D eigenvalue weighted by atomic mass is 16.5. The summed E-state index contributed by atoms with van der Waals surface area (Å²) >= 11 is 0. The monoisotopic (exact) mass is 497 g/mol. The molecule has 0 bridgehead atoms. The summed E-state index contributed by atoms with van der Waals surface area (Å²) in [5.74, 6) is 4.93. The van der Waals surface area contributed by atoms with Gasteiger partial charge in [-0.25, -0.2) is 4.99 Å². The summed E-state index contributed by atoms with van der Waals surface area (Å²) in [7, 11) is 1.70. The summed E-state index contributed by atoms with van der Waals surface area (Å²) in [6.45, 7) is 7.62. The number of ether oxygens (including phenoxy) is 2. The lowest BCUT2D eigenvalue weighted by molar-refractivity contribution is 0.136. The third kappa shape index (κ3) is 8.95. The van der Waals surface area contributed by atoms with E-state index < -0.39 is 0 Å². The number of benzene rings is 3. The van der Waals surface area contributed by atoms with Gasteiger partial charge in [0.1, 0.15) is 11.5 Å². The van der Waals surface area contributed by atoms with Gasteiger partial charge in [-0.2, -0.15) is 0 Å². The van der Waals surface area contributed by atoms with Crippen LogP contribution in [0.15, 0.2) is 83.9 Å². The quantitative estimate of drug-likeness (QED) is 0.154. The van der Waals surface area contributed by atoms with Crippen molar-refractivity contribution in [3.63, 3.8) is 0 Å². The van der Waals surface area contributed by atoms with Crippen molar-refractivity contribution in [2.24, 2.45) is 10.4 Å². The molecule has 196 valence electrons. The van der Waals surface area contributed by atoms with Gasteiger partial charge in [0.2, 0.25) is 0 Å². The highest BCUT2D eigenvalue weighted by Crippen LogP contribution is 2.35. The van der Waals surface area contributed by atoms with Crippen LogP contribution in [0.4, 0.5) is 5.69 Å². The third-order valence-corrected chi connectivity index (χ3v) is 6.88. The minimum absolute atomic E-state index is 0.175. The maximum Gasteiger partial charge on any atom is 0.127 e. The first-order valence-corrected chi connectivity index (χ1v) is 13.8. The maximum absolute atomic E-state index is 6.46. The van der Waals surface area contributed by atoms with Crippen LogP contribution in [-0.2, 0) is 0 Å². The number of unbranched alkanes of at least 4 members (excludes halogenated alkanes) is 4. The van der Waals surface area contributed by atoms with E-state index in [1.165, 1.54) is 51.4 Å². The van der Waals surface area contributed by atoms with Gasteiger partial charge in [-0.15, -0.1) is 0 Å². The van der Waals surface area contributed by atoms with E-state index in [1.54, 1.807) is 7.11 Å². The van der Waals surface area contributed by atoms with Gasteiger partial charge in [-0.05, 0) is 54.6 Å². The Morgan fingerprint density at radius 3 is 2.19 bits per heavy atom. The van der Waals surface area contributed by atoms with E-state index in [0.29, 0.717) is 6.61 Å². The lowest BCUT2D eigenvalue weighted by atomic mass is 9.81. The SMILES string of the molecule is CCCCCCCC(C)(CCC)COc1ccc(OC)c(C(=C=Nc2ccccc2)c2ccccc2)c1. The molecule has 3 aromatic carbocycles. The number of hydrogen-bond acceptors (Lipinski definition) is 3. The first-order valence-electron chi connectivity index (χ1n) is 13.8. The molecule has 0 N–H and O–H groups in total. The van der Waals surface area contributed by atoms with Gasteiger partial charge in [0, 0.05) is 11.0 Å². The molecule has 37 heavy (non-hydrogen) atoms. The van der Waals surface area contributed by atoms with Crippen molar-refractivity contribution in [1.82, 2.24) is 0 Å². The molecule has 3 nitrogen and oxygen atoms in total. The standard InChI is InChI=1S/C34H43NO2/c1-5-7-8-9-16-24-34(3,23-6-2)27-37-30-21-22-33(36-4)31(25-30)32(28-17-12-10-13-18-28)26-35-29-19-14-11-15-20-29/h10-15,17-22,25H,5-9,16,23-24,27H2,1-4H3. The van der Waals surface area contributed by atoms with Gasteiger partial charge in [0.25, 0.3) is 0 Å². The van der Waals surface area contributed by atoms with E-state index in [4.69, 9.17) is 9.47 Å². The summed E-state index contributed by atoms with van der Waals surface area (Å²) in [6.07, 6.45) is 10.1. The van der Waals surface area contributed by atoms with Crippen molar-refractivity contribution in [3.8, 4) is 11.5 Å². The van der Waals surface area contributed by atoms with Gasteiger partial charge >= 0.3 is 0 Å². The Balaban J connectivity index is 1.89. The molecule has 1 unspecified atom stereocenters. The van der Waals surface area contributed by atoms with E-state index in [-0.39, 0.29) is 5.41 Å². The lowest BCUT2D eigenvalue weighted by Crippen LogP contribution is -2.25. The van der Waals surface area contributed by atoms with Crippen LogP contribution in [0.3, 0.4) is 0 Å². The number of aliphatic imine (C=N–C) groups is 1. The Labute approximate surface area is 224 Å². The van der Waals surface area contributed by atoms with Gasteiger partial charge in [-0.1, -0.05) is 108 Å². The Morgan fingerprint density at radius 1 is 0.811 bits per heavy atom. The van der Waals surface area contributed by atoms with Gasteiger partial charge < -0.3 is 9.47 Å². The normalized spacial score (nSPS) is 12.3. The first-order chi connectivity index (χ1) is 18.1. The summed E-state index contributed by atoms with van der Waals surface area (Å²) in [6, 6.07) is 26.2. The third-order valence-electron chi connectivity index (χ3n) is 6.88. The Morgan fingerprint density at radius 2 is 1.51 bits per heavy atom. The molecular formula is C34H43NO2. The van der Waals surface area contributed by atoms with Crippen molar-refractivity contribution in [2.45, 2.75) is 72.1 Å². The lowest BCUT2D eigenvalue weighted by Gasteiger charge is -2.29. The zero-order chi connectivity index (χ0) is 26.3. The van der Waals surface area contributed by atoms with Crippen LogP contribution in [0.2, 0.25) is 0 Å². The zero-order valence-electron chi connectivity index (χ0n) is 23.1. The van der Waals surface area contributed by atoms with Crippen LogP contribution in [0.1, 0.15) is 83.3 Å². The Bertz CT molecular complexity index is 1130. The molecule has 0 aliphatic heterocycles. The van der Waals surface area contributed by atoms with Crippen LogP contribution in [-0.4, -0.2) is 19.6 Å². The highest BCUT2D eigenvalue weighted by Gasteiger charge is 2.24. The van der Waals surface area contributed by atoms with Crippen LogP contribution < -0.4 is 9.47 Å². The average Bonchev–Trinajstić information content (AvgIpc) is 2.93. The minimum atomic E-state index is 0.175. The number of nitrogens with zero attached hydrogens (tertiary/aromatic N) is 1. The molecule has 0 saturated heterocycles. The van der Waals surface area contributed by atoms with Crippen LogP contribution in [0.25, 0.3) is 5.57 Å². The first kappa shape index (κ1) is 28.3. The van der Waals surface area contributed by atoms with Crippen LogP contribution in [0, 0.1) is 5.41 Å². The van der Waals surface area contributed by atoms with Gasteiger partial charge in [0.15, 0.2) is 0 Å². The molecule has 0 spiro atoms. The molecule has 0 aromatic heterocycles. The predicted molar refractivity (Wildman–Crippen MR) is 157 cm³/mol. The second kappa shape index (κ2) is 15.1. The Kier molecular flexibility index (Phi) is 11.5. The summed E-state index contributed by atoms with van der Waals surface area (Å²) < 4.78 is 12.2. The largest absolute Gasteiger partial charge is 0.496 e. The highest BCUT2D eigenvalue weighted by molar-refractivity contribution is 6.01. The van der Waals surface area contributed by atoms with Gasteiger partial charge in [-0.3, -0.25) is 0 Å². The molecule has 3 rings (SSSR count). The second-order valence-electron chi connectivity index (χ2n) is 10.2. The summed E-state index contributed by atoms with van der Waals surface area (Å²) in [5.41, 5.74) is 3.85. The summed E-state index contributed by atoms with van der Waals surface area (Å²) in [5, 5.41) is 0. The van der Waals surface area contributed by atoms with E-state index in [9.17, 15) is 0 Å². The molecule has 0 saturated carbocycles.